The van der Waals surface area contributed by atoms with Gasteiger partial charge in [-0.3, -0.25) is 4.79 Å². The quantitative estimate of drug-likeness (QED) is 0.859. The predicted molar refractivity (Wildman–Crippen MR) is 85.5 cm³/mol. The van der Waals surface area contributed by atoms with Gasteiger partial charge in [-0.25, -0.2) is 0 Å². The Bertz CT molecular complexity index is 412. The van der Waals surface area contributed by atoms with Crippen molar-refractivity contribution in [3.8, 4) is 0 Å². The summed E-state index contributed by atoms with van der Waals surface area (Å²) in [6, 6.07) is 8.02. The molecular formula is C14H22BrClN2O. The topological polar surface area (TPSA) is 55.1 Å². The van der Waals surface area contributed by atoms with Crippen LogP contribution in [0.2, 0.25) is 0 Å². The smallest absolute Gasteiger partial charge is 0.224 e. The molecule has 1 amide bonds. The molecule has 0 saturated heterocycles. The molecule has 0 radical (unpaired) electrons. The zero-order valence-electron chi connectivity index (χ0n) is 11.5. The molecule has 0 spiro atoms. The summed E-state index contributed by atoms with van der Waals surface area (Å²) in [5.41, 5.74) is 6.91. The fourth-order valence-corrected chi connectivity index (χ4v) is 2.10. The van der Waals surface area contributed by atoms with E-state index in [-0.39, 0.29) is 36.3 Å². The molecule has 1 aromatic rings. The largest absolute Gasteiger partial charge is 0.353 e. The van der Waals surface area contributed by atoms with E-state index in [0.29, 0.717) is 0 Å². The SMILES string of the molecule is CC(Cc1ccccc1Br)NC(=O)C(C)C(C)N.Cl. The first-order chi connectivity index (χ1) is 8.41. The van der Waals surface area contributed by atoms with E-state index in [1.54, 1.807) is 0 Å². The second-order valence-electron chi connectivity index (χ2n) is 4.85. The fraction of sp³-hybridized carbons (Fsp3) is 0.500. The third-order valence-electron chi connectivity index (χ3n) is 3.07. The predicted octanol–water partition coefficient (Wildman–Crippen LogP) is 2.90. The van der Waals surface area contributed by atoms with Crippen molar-refractivity contribution >= 4 is 34.2 Å². The molecule has 5 heteroatoms. The van der Waals surface area contributed by atoms with Crippen LogP contribution >= 0.6 is 28.3 Å². The molecule has 0 fully saturated rings. The first-order valence-electron chi connectivity index (χ1n) is 6.21. The number of hydrogen-bond acceptors (Lipinski definition) is 2. The van der Waals surface area contributed by atoms with Crippen LogP contribution in [0.3, 0.4) is 0 Å². The summed E-state index contributed by atoms with van der Waals surface area (Å²) >= 11 is 3.51. The van der Waals surface area contributed by atoms with E-state index < -0.39 is 0 Å². The minimum atomic E-state index is -0.160. The lowest BCUT2D eigenvalue weighted by atomic mass is 10.0. The number of rotatable bonds is 5. The Morgan fingerprint density at radius 3 is 2.42 bits per heavy atom. The van der Waals surface area contributed by atoms with Gasteiger partial charge in [-0.05, 0) is 31.9 Å². The molecule has 108 valence electrons. The summed E-state index contributed by atoms with van der Waals surface area (Å²) in [5, 5.41) is 3.00. The molecule has 19 heavy (non-hydrogen) atoms. The van der Waals surface area contributed by atoms with Gasteiger partial charge in [-0.15, -0.1) is 12.4 Å². The van der Waals surface area contributed by atoms with Gasteiger partial charge in [0.1, 0.15) is 0 Å². The number of nitrogens with one attached hydrogen (secondary N) is 1. The van der Waals surface area contributed by atoms with Crippen molar-refractivity contribution in [2.24, 2.45) is 11.7 Å². The van der Waals surface area contributed by atoms with Gasteiger partial charge in [-0.1, -0.05) is 41.1 Å². The van der Waals surface area contributed by atoms with E-state index in [1.165, 1.54) is 5.56 Å². The van der Waals surface area contributed by atoms with E-state index in [4.69, 9.17) is 5.73 Å². The van der Waals surface area contributed by atoms with Gasteiger partial charge >= 0.3 is 0 Å². The lowest BCUT2D eigenvalue weighted by molar-refractivity contribution is -0.125. The van der Waals surface area contributed by atoms with Crippen LogP contribution in [0.1, 0.15) is 26.3 Å². The average Bonchev–Trinajstić information content (AvgIpc) is 2.30. The van der Waals surface area contributed by atoms with Crippen molar-refractivity contribution in [1.82, 2.24) is 5.32 Å². The first-order valence-corrected chi connectivity index (χ1v) is 7.00. The van der Waals surface area contributed by atoms with Crippen molar-refractivity contribution in [2.75, 3.05) is 0 Å². The lowest BCUT2D eigenvalue weighted by Gasteiger charge is -2.20. The minimum Gasteiger partial charge on any atom is -0.353 e. The highest BCUT2D eigenvalue weighted by Crippen LogP contribution is 2.17. The maximum atomic E-state index is 11.9. The molecule has 0 aliphatic rings. The second-order valence-corrected chi connectivity index (χ2v) is 5.71. The second kappa shape index (κ2) is 8.56. The standard InChI is InChI=1S/C14H21BrN2O.ClH/c1-9(17-14(18)10(2)11(3)16)8-12-6-4-5-7-13(12)15;/h4-7,9-11H,8,16H2,1-3H3,(H,17,18);1H. The molecular weight excluding hydrogens is 328 g/mol. The highest BCUT2D eigenvalue weighted by atomic mass is 79.9. The Kier molecular flexibility index (Phi) is 8.30. The van der Waals surface area contributed by atoms with Gasteiger partial charge in [-0.2, -0.15) is 0 Å². The summed E-state index contributed by atoms with van der Waals surface area (Å²) in [6.07, 6.45) is 0.804. The first kappa shape index (κ1) is 18.4. The van der Waals surface area contributed by atoms with Crippen LogP contribution in [-0.2, 0) is 11.2 Å². The molecule has 0 bridgehead atoms. The van der Waals surface area contributed by atoms with Gasteiger partial charge in [0, 0.05) is 22.5 Å². The van der Waals surface area contributed by atoms with Crippen LogP contribution in [0.25, 0.3) is 0 Å². The normalized spacial score (nSPS) is 15.0. The molecule has 3 atom stereocenters. The Morgan fingerprint density at radius 2 is 1.89 bits per heavy atom. The van der Waals surface area contributed by atoms with Crippen molar-refractivity contribution in [3.63, 3.8) is 0 Å². The highest BCUT2D eigenvalue weighted by Gasteiger charge is 2.18. The summed E-state index contributed by atoms with van der Waals surface area (Å²) in [4.78, 5) is 11.9. The van der Waals surface area contributed by atoms with Gasteiger partial charge < -0.3 is 11.1 Å². The van der Waals surface area contributed by atoms with Crippen molar-refractivity contribution in [1.29, 1.82) is 0 Å². The maximum absolute atomic E-state index is 11.9. The lowest BCUT2D eigenvalue weighted by Crippen LogP contribution is -2.43. The van der Waals surface area contributed by atoms with Crippen LogP contribution < -0.4 is 11.1 Å². The number of benzene rings is 1. The zero-order valence-corrected chi connectivity index (χ0v) is 13.9. The third-order valence-corrected chi connectivity index (χ3v) is 3.85. The van der Waals surface area contributed by atoms with Crippen LogP contribution in [0.4, 0.5) is 0 Å². The van der Waals surface area contributed by atoms with Crippen molar-refractivity contribution < 1.29 is 4.79 Å². The maximum Gasteiger partial charge on any atom is 0.224 e. The van der Waals surface area contributed by atoms with E-state index in [1.807, 2.05) is 39.0 Å². The van der Waals surface area contributed by atoms with Gasteiger partial charge in [0.25, 0.3) is 0 Å². The monoisotopic (exact) mass is 348 g/mol. The van der Waals surface area contributed by atoms with Gasteiger partial charge in [0.15, 0.2) is 0 Å². The van der Waals surface area contributed by atoms with Crippen molar-refractivity contribution in [3.05, 3.63) is 34.3 Å². The molecule has 0 heterocycles. The molecule has 0 aliphatic heterocycles. The Labute approximate surface area is 129 Å². The Hall–Kier alpha value is -0.580. The number of carbonyl (C=O) groups is 1. The van der Waals surface area contributed by atoms with Crippen LogP contribution in [0, 0.1) is 5.92 Å². The average molecular weight is 350 g/mol. The van der Waals surface area contributed by atoms with Crippen LogP contribution in [0.15, 0.2) is 28.7 Å². The number of hydrogen-bond donors (Lipinski definition) is 2. The Balaban J connectivity index is 0.00000324. The molecule has 0 saturated carbocycles. The minimum absolute atomic E-state index is 0. The van der Waals surface area contributed by atoms with E-state index in [9.17, 15) is 4.79 Å². The van der Waals surface area contributed by atoms with Gasteiger partial charge in [0.05, 0.1) is 0 Å². The number of nitrogens with two attached hydrogens (primary N) is 1. The molecule has 1 rings (SSSR count). The molecule has 0 aromatic heterocycles. The summed E-state index contributed by atoms with van der Waals surface area (Å²) in [5.74, 6) is -0.142. The summed E-state index contributed by atoms with van der Waals surface area (Å²) in [7, 11) is 0. The molecule has 3 nitrogen and oxygen atoms in total. The van der Waals surface area contributed by atoms with E-state index in [2.05, 4.69) is 27.3 Å². The summed E-state index contributed by atoms with van der Waals surface area (Å²) < 4.78 is 1.08. The van der Waals surface area contributed by atoms with E-state index in [0.717, 1.165) is 10.9 Å². The van der Waals surface area contributed by atoms with Crippen molar-refractivity contribution in [2.45, 2.75) is 39.3 Å². The van der Waals surface area contributed by atoms with Gasteiger partial charge in [0.2, 0.25) is 5.91 Å². The molecule has 3 unspecified atom stereocenters. The number of halogens is 2. The summed E-state index contributed by atoms with van der Waals surface area (Å²) in [6.45, 7) is 5.71. The fourth-order valence-electron chi connectivity index (χ4n) is 1.66. The zero-order chi connectivity index (χ0) is 13.7. The van der Waals surface area contributed by atoms with Crippen LogP contribution in [0.5, 0.6) is 0 Å². The van der Waals surface area contributed by atoms with E-state index >= 15 is 0 Å². The highest BCUT2D eigenvalue weighted by molar-refractivity contribution is 9.10. The van der Waals surface area contributed by atoms with Crippen LogP contribution in [-0.4, -0.2) is 18.0 Å². The number of amides is 1. The Morgan fingerprint density at radius 1 is 1.32 bits per heavy atom. The molecule has 3 N–H and O–H groups in total. The molecule has 1 aromatic carbocycles. The third kappa shape index (κ3) is 5.93. The number of carbonyl (C=O) groups excluding carboxylic acids is 1. The molecule has 0 aliphatic carbocycles.